The molecule has 1 aliphatic rings. The lowest BCUT2D eigenvalue weighted by Gasteiger charge is -2.03. The van der Waals surface area contributed by atoms with E-state index in [1.165, 1.54) is 0 Å². The molecule has 16 heavy (non-hydrogen) atoms. The summed E-state index contributed by atoms with van der Waals surface area (Å²) in [6.45, 7) is 3.81. The third-order valence-electron chi connectivity index (χ3n) is 2.21. The van der Waals surface area contributed by atoms with Crippen molar-refractivity contribution >= 4 is 17.8 Å². The molecule has 84 valence electrons. The molecule has 5 heteroatoms. The number of carbonyl (C=O) groups excluding carboxylic acids is 1. The summed E-state index contributed by atoms with van der Waals surface area (Å²) in [4.78, 5) is 11.0. The van der Waals surface area contributed by atoms with Gasteiger partial charge in [0.25, 0.3) is 0 Å². The third-order valence-corrected chi connectivity index (χ3v) is 2.35. The minimum atomic E-state index is -0.626. The van der Waals surface area contributed by atoms with Gasteiger partial charge >= 0.3 is 5.97 Å². The number of carbonyl (C=O) groups is 1. The number of ether oxygens (including phenoxy) is 2. The maximum absolute atomic E-state index is 11.0. The summed E-state index contributed by atoms with van der Waals surface area (Å²) in [5, 5.41) is 0. The molecule has 0 aromatic heterocycles. The van der Waals surface area contributed by atoms with Gasteiger partial charge in [-0.25, -0.2) is 4.79 Å². The van der Waals surface area contributed by atoms with E-state index in [9.17, 15) is 4.79 Å². The van der Waals surface area contributed by atoms with Gasteiger partial charge in [-0.15, -0.1) is 0 Å². The number of hydrogen-bond acceptors (Lipinski definition) is 4. The predicted octanol–water partition coefficient (Wildman–Crippen LogP) is 2.21. The van der Waals surface area contributed by atoms with E-state index >= 15 is 0 Å². The van der Waals surface area contributed by atoms with Crippen LogP contribution in [0.1, 0.15) is 5.56 Å². The second kappa shape index (κ2) is 4.45. The van der Waals surface area contributed by atoms with Crippen LogP contribution in [-0.4, -0.2) is 12.8 Å². The number of rotatable bonds is 3. The lowest BCUT2D eigenvalue weighted by molar-refractivity contribution is -0.129. The summed E-state index contributed by atoms with van der Waals surface area (Å²) in [7, 11) is 0. The first kappa shape index (κ1) is 10.8. The Bertz CT molecular complexity index is 442. The highest BCUT2D eigenvalue weighted by Gasteiger charge is 2.15. The molecule has 0 unspecified atom stereocenters. The fraction of sp³-hybridized carbons (Fsp3) is 0.182. The zero-order valence-corrected chi connectivity index (χ0v) is 9.12. The van der Waals surface area contributed by atoms with Gasteiger partial charge < -0.3 is 13.8 Å². The topological polar surface area (TPSA) is 44.8 Å². The van der Waals surface area contributed by atoms with Crippen LogP contribution in [0.15, 0.2) is 30.4 Å². The molecule has 0 fully saturated rings. The van der Waals surface area contributed by atoms with Crippen molar-refractivity contribution in [1.82, 2.24) is 0 Å². The maximum atomic E-state index is 11.0. The standard InChI is InChI=1S/C11H9ClO4/c1-7(11(13)16-12)4-8-2-3-9-10(5-8)15-6-14-9/h2-3,5H,1,4,6H2. The first-order valence-electron chi connectivity index (χ1n) is 4.60. The number of fused-ring (bicyclic) bond motifs is 1. The Labute approximate surface area is 97.5 Å². The molecule has 1 aromatic rings. The molecule has 1 aliphatic heterocycles. The molecular weight excluding hydrogens is 232 g/mol. The van der Waals surface area contributed by atoms with E-state index < -0.39 is 5.97 Å². The van der Waals surface area contributed by atoms with Gasteiger partial charge in [-0.2, -0.15) is 0 Å². The Morgan fingerprint density at radius 2 is 2.19 bits per heavy atom. The van der Waals surface area contributed by atoms with Crippen molar-refractivity contribution in [1.29, 1.82) is 0 Å². The summed E-state index contributed by atoms with van der Waals surface area (Å²) in [6, 6.07) is 5.42. The van der Waals surface area contributed by atoms with Crippen molar-refractivity contribution in [2.24, 2.45) is 0 Å². The summed E-state index contributed by atoms with van der Waals surface area (Å²) >= 11 is 4.95. The maximum Gasteiger partial charge on any atom is 0.351 e. The smallest absolute Gasteiger partial charge is 0.351 e. The van der Waals surface area contributed by atoms with Gasteiger partial charge in [0.2, 0.25) is 6.79 Å². The number of hydrogen-bond donors (Lipinski definition) is 0. The molecule has 0 N–H and O–H groups in total. The molecule has 0 atom stereocenters. The molecule has 0 radical (unpaired) electrons. The predicted molar refractivity (Wildman–Crippen MR) is 57.4 cm³/mol. The quantitative estimate of drug-likeness (QED) is 0.760. The largest absolute Gasteiger partial charge is 0.454 e. The Balaban J connectivity index is 2.11. The second-order valence-corrected chi connectivity index (χ2v) is 3.49. The van der Waals surface area contributed by atoms with Crippen LogP contribution < -0.4 is 9.47 Å². The van der Waals surface area contributed by atoms with Crippen LogP contribution in [0.4, 0.5) is 0 Å². The normalized spacial score (nSPS) is 12.3. The van der Waals surface area contributed by atoms with Crippen LogP contribution in [-0.2, 0) is 15.5 Å². The molecule has 0 saturated heterocycles. The monoisotopic (exact) mass is 240 g/mol. The van der Waals surface area contributed by atoms with Crippen molar-refractivity contribution < 1.29 is 18.6 Å². The van der Waals surface area contributed by atoms with Crippen LogP contribution in [0.2, 0.25) is 0 Å². The molecule has 0 bridgehead atoms. The molecule has 0 amide bonds. The highest BCUT2D eigenvalue weighted by molar-refractivity contribution is 6.15. The van der Waals surface area contributed by atoms with E-state index in [0.29, 0.717) is 17.9 Å². The number of halogens is 1. The van der Waals surface area contributed by atoms with Gasteiger partial charge in [0.15, 0.2) is 11.5 Å². The summed E-state index contributed by atoms with van der Waals surface area (Å²) in [5.41, 5.74) is 1.17. The van der Waals surface area contributed by atoms with Crippen LogP contribution in [0.3, 0.4) is 0 Å². The molecule has 2 rings (SSSR count). The molecule has 0 aliphatic carbocycles. The van der Waals surface area contributed by atoms with E-state index in [0.717, 1.165) is 5.56 Å². The van der Waals surface area contributed by atoms with Crippen molar-refractivity contribution in [3.63, 3.8) is 0 Å². The average Bonchev–Trinajstić information content (AvgIpc) is 2.75. The molecule has 4 nitrogen and oxygen atoms in total. The summed E-state index contributed by atoms with van der Waals surface area (Å²) in [5.74, 6) is 0.748. The van der Waals surface area contributed by atoms with E-state index in [1.807, 2.05) is 6.07 Å². The first-order chi connectivity index (χ1) is 7.70. The van der Waals surface area contributed by atoms with Crippen molar-refractivity contribution in [3.05, 3.63) is 35.9 Å². The Morgan fingerprint density at radius 3 is 2.94 bits per heavy atom. The fourth-order valence-corrected chi connectivity index (χ4v) is 1.53. The lowest BCUT2D eigenvalue weighted by Crippen LogP contribution is -2.03. The molecule has 1 aromatic carbocycles. The molecule has 1 heterocycles. The van der Waals surface area contributed by atoms with E-state index in [-0.39, 0.29) is 12.4 Å². The first-order valence-corrected chi connectivity index (χ1v) is 4.91. The zero-order chi connectivity index (χ0) is 11.5. The summed E-state index contributed by atoms with van der Waals surface area (Å²) in [6.07, 6.45) is 0.363. The van der Waals surface area contributed by atoms with Crippen LogP contribution in [0, 0.1) is 0 Å². The minimum absolute atomic E-state index is 0.226. The van der Waals surface area contributed by atoms with Gasteiger partial charge in [-0.3, -0.25) is 0 Å². The average molecular weight is 241 g/mol. The van der Waals surface area contributed by atoms with Gasteiger partial charge in [0.1, 0.15) is 11.9 Å². The third kappa shape index (κ3) is 2.12. The van der Waals surface area contributed by atoms with Crippen molar-refractivity contribution in [3.8, 4) is 11.5 Å². The van der Waals surface area contributed by atoms with Crippen LogP contribution in [0.5, 0.6) is 11.5 Å². The Kier molecular flexibility index (Phi) is 3.01. The van der Waals surface area contributed by atoms with Crippen molar-refractivity contribution in [2.75, 3.05) is 6.79 Å². The van der Waals surface area contributed by atoms with Crippen molar-refractivity contribution in [2.45, 2.75) is 6.42 Å². The fourth-order valence-electron chi connectivity index (χ4n) is 1.42. The SMILES string of the molecule is C=C(Cc1ccc2c(c1)OCO2)C(=O)OCl. The summed E-state index contributed by atoms with van der Waals surface area (Å²) < 4.78 is 14.4. The van der Waals surface area contributed by atoms with E-state index in [1.54, 1.807) is 12.1 Å². The number of benzene rings is 1. The lowest BCUT2D eigenvalue weighted by atomic mass is 10.1. The second-order valence-electron chi connectivity index (χ2n) is 3.33. The molecule has 0 saturated carbocycles. The van der Waals surface area contributed by atoms with Crippen LogP contribution >= 0.6 is 11.9 Å². The minimum Gasteiger partial charge on any atom is -0.454 e. The van der Waals surface area contributed by atoms with Gasteiger partial charge in [0, 0.05) is 12.0 Å². The molecule has 0 spiro atoms. The zero-order valence-electron chi connectivity index (χ0n) is 8.36. The van der Waals surface area contributed by atoms with Gasteiger partial charge in [-0.05, 0) is 17.7 Å². The van der Waals surface area contributed by atoms with Gasteiger partial charge in [0.05, 0.1) is 0 Å². The van der Waals surface area contributed by atoms with E-state index in [2.05, 4.69) is 10.9 Å². The van der Waals surface area contributed by atoms with E-state index in [4.69, 9.17) is 21.3 Å². The highest BCUT2D eigenvalue weighted by atomic mass is 35.5. The Morgan fingerprint density at radius 1 is 1.44 bits per heavy atom. The Hall–Kier alpha value is -1.68. The highest BCUT2D eigenvalue weighted by Crippen LogP contribution is 2.33. The van der Waals surface area contributed by atoms with Gasteiger partial charge in [-0.1, -0.05) is 12.6 Å². The molecular formula is C11H9ClO4. The van der Waals surface area contributed by atoms with Crippen LogP contribution in [0.25, 0.3) is 0 Å².